The van der Waals surface area contributed by atoms with Gasteiger partial charge in [0.25, 0.3) is 5.91 Å². The Hall–Kier alpha value is -2.34. The summed E-state index contributed by atoms with van der Waals surface area (Å²) in [5, 5.41) is 13.2. The van der Waals surface area contributed by atoms with Crippen LogP contribution in [0.15, 0.2) is 24.3 Å². The zero-order chi connectivity index (χ0) is 18.3. The van der Waals surface area contributed by atoms with Crippen molar-refractivity contribution in [1.29, 1.82) is 0 Å². The fraction of sp³-hybridized carbons (Fsp3) is 0.500. The summed E-state index contributed by atoms with van der Waals surface area (Å²) in [6.45, 7) is 3.00. The normalized spacial score (nSPS) is 22.4. The van der Waals surface area contributed by atoms with Crippen LogP contribution in [-0.2, 0) is 4.79 Å². The van der Waals surface area contributed by atoms with E-state index in [1.54, 1.807) is 0 Å². The van der Waals surface area contributed by atoms with Crippen LogP contribution < -0.4 is 5.32 Å². The molecule has 0 unspecified atom stereocenters. The molecule has 0 atom stereocenters. The molecule has 6 nitrogen and oxygen atoms in total. The first-order valence-electron chi connectivity index (χ1n) is 9.34. The Morgan fingerprint density at radius 3 is 2.73 bits per heavy atom. The Labute approximate surface area is 152 Å². The highest BCUT2D eigenvalue weighted by Gasteiger charge is 2.37. The molecule has 1 aromatic carbocycles. The standard InChI is InChI=1S/C20H25N3O3/c1-12-2-5-14-7-18(22-17(14)6-12)20(26)21-15-8-16(9-15)23(11-19(24)25)10-13-3-4-13/h2,5-7,13,15-16,22H,3-4,8-11H2,1H3,(H,21,26)(H,24,25). The highest BCUT2D eigenvalue weighted by Crippen LogP contribution is 2.33. The van der Waals surface area contributed by atoms with Gasteiger partial charge in [-0.05, 0) is 56.2 Å². The molecule has 1 aromatic heterocycles. The summed E-state index contributed by atoms with van der Waals surface area (Å²) >= 11 is 0. The summed E-state index contributed by atoms with van der Waals surface area (Å²) < 4.78 is 0. The Balaban J connectivity index is 1.33. The number of hydrogen-bond acceptors (Lipinski definition) is 3. The number of rotatable bonds is 7. The van der Waals surface area contributed by atoms with Gasteiger partial charge in [0.15, 0.2) is 0 Å². The van der Waals surface area contributed by atoms with Gasteiger partial charge in [-0.1, -0.05) is 12.1 Å². The third kappa shape index (κ3) is 3.75. The summed E-state index contributed by atoms with van der Waals surface area (Å²) in [4.78, 5) is 28.9. The van der Waals surface area contributed by atoms with Crippen LogP contribution in [0.4, 0.5) is 0 Å². The first kappa shape index (κ1) is 17.1. The number of aromatic nitrogens is 1. The van der Waals surface area contributed by atoms with Gasteiger partial charge in [0, 0.05) is 29.5 Å². The molecule has 4 rings (SSSR count). The van der Waals surface area contributed by atoms with Crippen LogP contribution in [0, 0.1) is 12.8 Å². The van der Waals surface area contributed by atoms with Gasteiger partial charge < -0.3 is 15.4 Å². The van der Waals surface area contributed by atoms with Crippen LogP contribution in [-0.4, -0.2) is 52.0 Å². The number of hydrogen-bond donors (Lipinski definition) is 3. The summed E-state index contributed by atoms with van der Waals surface area (Å²) in [5.74, 6) is -0.196. The zero-order valence-corrected chi connectivity index (χ0v) is 15.0. The summed E-state index contributed by atoms with van der Waals surface area (Å²) in [6.07, 6.45) is 4.07. The third-order valence-corrected chi connectivity index (χ3v) is 5.52. The summed E-state index contributed by atoms with van der Waals surface area (Å²) in [6, 6.07) is 8.35. The number of nitrogens with one attached hydrogen (secondary N) is 2. The van der Waals surface area contributed by atoms with Crippen molar-refractivity contribution >= 4 is 22.8 Å². The van der Waals surface area contributed by atoms with Gasteiger partial charge in [0.2, 0.25) is 0 Å². The maximum atomic E-state index is 12.5. The lowest BCUT2D eigenvalue weighted by molar-refractivity contribution is -0.139. The molecule has 2 aromatic rings. The second-order valence-electron chi connectivity index (χ2n) is 7.84. The number of H-pyrrole nitrogens is 1. The largest absolute Gasteiger partial charge is 0.480 e. The minimum atomic E-state index is -0.772. The van der Waals surface area contributed by atoms with Crippen LogP contribution in [0.25, 0.3) is 10.9 Å². The van der Waals surface area contributed by atoms with Crippen LogP contribution in [0.1, 0.15) is 41.7 Å². The molecular formula is C20H25N3O3. The average molecular weight is 355 g/mol. The Bertz CT molecular complexity index is 834. The highest BCUT2D eigenvalue weighted by molar-refractivity contribution is 5.98. The van der Waals surface area contributed by atoms with Gasteiger partial charge in [0.1, 0.15) is 5.69 Å². The average Bonchev–Trinajstić information content (AvgIpc) is 3.25. The second-order valence-corrected chi connectivity index (χ2v) is 7.84. The number of nitrogens with zero attached hydrogens (tertiary/aromatic N) is 1. The highest BCUT2D eigenvalue weighted by atomic mass is 16.4. The number of aryl methyl sites for hydroxylation is 1. The van der Waals surface area contributed by atoms with Gasteiger partial charge in [-0.15, -0.1) is 0 Å². The SMILES string of the molecule is Cc1ccc2cc(C(=O)NC3CC(N(CC(=O)O)CC4CC4)C3)[nH]c2c1. The van der Waals surface area contributed by atoms with Crippen LogP contribution in [0.3, 0.4) is 0 Å². The van der Waals surface area contributed by atoms with Crippen molar-refractivity contribution in [1.82, 2.24) is 15.2 Å². The molecule has 0 saturated heterocycles. The van der Waals surface area contributed by atoms with E-state index in [0.29, 0.717) is 11.6 Å². The third-order valence-electron chi connectivity index (χ3n) is 5.52. The van der Waals surface area contributed by atoms with Crippen molar-refractivity contribution in [3.8, 4) is 0 Å². The fourth-order valence-corrected chi connectivity index (χ4v) is 3.78. The van der Waals surface area contributed by atoms with E-state index >= 15 is 0 Å². The lowest BCUT2D eigenvalue weighted by Gasteiger charge is -2.42. The monoisotopic (exact) mass is 355 g/mol. The smallest absolute Gasteiger partial charge is 0.317 e. The molecule has 2 saturated carbocycles. The maximum absolute atomic E-state index is 12.5. The fourth-order valence-electron chi connectivity index (χ4n) is 3.78. The molecule has 1 heterocycles. The molecule has 138 valence electrons. The van der Waals surface area contributed by atoms with Crippen molar-refractivity contribution in [2.45, 2.75) is 44.7 Å². The molecule has 0 spiro atoms. The van der Waals surface area contributed by atoms with E-state index in [-0.39, 0.29) is 24.5 Å². The number of carboxylic acid groups (broad SMARTS) is 1. The molecule has 0 bridgehead atoms. The van der Waals surface area contributed by atoms with E-state index in [1.807, 2.05) is 31.2 Å². The molecule has 2 fully saturated rings. The number of carbonyl (C=O) groups excluding carboxylic acids is 1. The number of amides is 1. The van der Waals surface area contributed by atoms with E-state index in [4.69, 9.17) is 5.11 Å². The minimum absolute atomic E-state index is 0.0886. The molecular weight excluding hydrogens is 330 g/mol. The lowest BCUT2D eigenvalue weighted by atomic mass is 9.85. The number of aliphatic carboxylic acids is 1. The molecule has 6 heteroatoms. The van der Waals surface area contributed by atoms with Crippen molar-refractivity contribution in [3.05, 3.63) is 35.5 Å². The second kappa shape index (κ2) is 6.76. The number of fused-ring (bicyclic) bond motifs is 1. The molecule has 26 heavy (non-hydrogen) atoms. The first-order chi connectivity index (χ1) is 12.5. The van der Waals surface area contributed by atoms with Crippen molar-refractivity contribution in [3.63, 3.8) is 0 Å². The Kier molecular flexibility index (Phi) is 4.44. The van der Waals surface area contributed by atoms with Gasteiger partial charge in [0.05, 0.1) is 6.54 Å². The predicted molar refractivity (Wildman–Crippen MR) is 99.2 cm³/mol. The van der Waals surface area contributed by atoms with E-state index < -0.39 is 5.97 Å². The molecule has 0 aliphatic heterocycles. The Morgan fingerprint density at radius 1 is 1.27 bits per heavy atom. The molecule has 1 amide bonds. The molecule has 3 N–H and O–H groups in total. The van der Waals surface area contributed by atoms with Gasteiger partial charge in [-0.2, -0.15) is 0 Å². The van der Waals surface area contributed by atoms with Crippen LogP contribution in [0.5, 0.6) is 0 Å². The van der Waals surface area contributed by atoms with Gasteiger partial charge >= 0.3 is 5.97 Å². The lowest BCUT2D eigenvalue weighted by Crippen LogP contribution is -2.55. The first-order valence-corrected chi connectivity index (χ1v) is 9.34. The van der Waals surface area contributed by atoms with Crippen molar-refractivity contribution in [2.24, 2.45) is 5.92 Å². The molecule has 2 aliphatic rings. The topological polar surface area (TPSA) is 85.4 Å². The van der Waals surface area contributed by atoms with Crippen molar-refractivity contribution in [2.75, 3.05) is 13.1 Å². The van der Waals surface area contributed by atoms with Crippen molar-refractivity contribution < 1.29 is 14.7 Å². The van der Waals surface area contributed by atoms with Crippen LogP contribution in [0.2, 0.25) is 0 Å². The number of aromatic amines is 1. The van der Waals surface area contributed by atoms with E-state index in [9.17, 15) is 9.59 Å². The summed E-state index contributed by atoms with van der Waals surface area (Å²) in [5.41, 5.74) is 2.70. The van der Waals surface area contributed by atoms with Gasteiger partial charge in [-0.25, -0.2) is 0 Å². The number of benzene rings is 1. The number of carbonyl (C=O) groups is 2. The molecule has 0 radical (unpaired) electrons. The summed E-state index contributed by atoms with van der Waals surface area (Å²) in [7, 11) is 0. The van der Waals surface area contributed by atoms with E-state index in [1.165, 1.54) is 12.8 Å². The maximum Gasteiger partial charge on any atom is 0.317 e. The predicted octanol–water partition coefficient (Wildman–Crippen LogP) is 2.53. The zero-order valence-electron chi connectivity index (χ0n) is 15.0. The minimum Gasteiger partial charge on any atom is -0.480 e. The van der Waals surface area contributed by atoms with E-state index in [2.05, 4.69) is 15.2 Å². The number of carboxylic acids is 1. The Morgan fingerprint density at radius 2 is 2.04 bits per heavy atom. The molecule has 2 aliphatic carbocycles. The van der Waals surface area contributed by atoms with Gasteiger partial charge in [-0.3, -0.25) is 14.5 Å². The van der Waals surface area contributed by atoms with Crippen LogP contribution >= 0.6 is 0 Å². The quantitative estimate of drug-likeness (QED) is 0.712. The van der Waals surface area contributed by atoms with E-state index in [0.717, 1.165) is 35.9 Å².